The van der Waals surface area contributed by atoms with E-state index in [-0.39, 0.29) is 0 Å². The lowest BCUT2D eigenvalue weighted by molar-refractivity contribution is -0.132. The fraction of sp³-hybridized carbons (Fsp3) is 0.727. The first-order valence-electron chi connectivity index (χ1n) is 5.33. The Labute approximate surface area is 84.7 Å². The van der Waals surface area contributed by atoms with Gasteiger partial charge in [0.05, 0.1) is 11.8 Å². The van der Waals surface area contributed by atoms with Crippen molar-refractivity contribution in [3.8, 4) is 0 Å². The van der Waals surface area contributed by atoms with Crippen molar-refractivity contribution in [2.24, 2.45) is 11.8 Å². The first-order chi connectivity index (χ1) is 6.58. The van der Waals surface area contributed by atoms with Crippen LogP contribution in [0.2, 0.25) is 0 Å². The van der Waals surface area contributed by atoms with Gasteiger partial charge in [-0.15, -0.1) is 0 Å². The zero-order valence-electron chi connectivity index (χ0n) is 9.07. The maximum absolute atomic E-state index is 10.4. The highest BCUT2D eigenvalue weighted by Gasteiger charge is 2.49. The van der Waals surface area contributed by atoms with Crippen LogP contribution in [0.5, 0.6) is 0 Å². The van der Waals surface area contributed by atoms with Crippen LogP contribution in [0.4, 0.5) is 0 Å². The van der Waals surface area contributed by atoms with E-state index < -0.39 is 5.60 Å². The number of aromatic nitrogens is 2. The first-order valence-corrected chi connectivity index (χ1v) is 5.33. The lowest BCUT2D eigenvalue weighted by atomic mass is 9.61. The molecule has 0 radical (unpaired) electrons. The van der Waals surface area contributed by atoms with Gasteiger partial charge in [-0.2, -0.15) is 5.10 Å². The Hall–Kier alpha value is -0.830. The summed E-state index contributed by atoms with van der Waals surface area (Å²) in [6.07, 6.45) is 4.62. The molecule has 0 aliphatic heterocycles. The average molecular weight is 194 g/mol. The van der Waals surface area contributed by atoms with Crippen molar-refractivity contribution in [1.82, 2.24) is 9.78 Å². The van der Waals surface area contributed by atoms with Gasteiger partial charge in [-0.25, -0.2) is 0 Å². The molecule has 1 heterocycles. The fourth-order valence-electron chi connectivity index (χ4n) is 2.30. The molecule has 3 unspecified atom stereocenters. The highest BCUT2D eigenvalue weighted by Crippen LogP contribution is 2.50. The average Bonchev–Trinajstić information content (AvgIpc) is 2.65. The lowest BCUT2D eigenvalue weighted by Gasteiger charge is -2.48. The zero-order valence-corrected chi connectivity index (χ0v) is 9.07. The number of nitrogens with zero attached hydrogens (tertiary/aromatic N) is 2. The summed E-state index contributed by atoms with van der Waals surface area (Å²) in [5.74, 6) is 0.960. The van der Waals surface area contributed by atoms with Gasteiger partial charge in [0.1, 0.15) is 0 Å². The number of hydrogen-bond donors (Lipinski definition) is 1. The smallest absolute Gasteiger partial charge is 0.0957 e. The lowest BCUT2D eigenvalue weighted by Crippen LogP contribution is -2.48. The summed E-state index contributed by atoms with van der Waals surface area (Å²) < 4.78 is 1.86. The normalized spacial score (nSPS) is 36.9. The van der Waals surface area contributed by atoms with Gasteiger partial charge in [0, 0.05) is 18.3 Å². The van der Waals surface area contributed by atoms with Crippen LogP contribution in [0.25, 0.3) is 0 Å². The van der Waals surface area contributed by atoms with Crippen molar-refractivity contribution in [2.45, 2.75) is 39.3 Å². The van der Waals surface area contributed by atoms with Crippen LogP contribution >= 0.6 is 0 Å². The van der Waals surface area contributed by atoms with Gasteiger partial charge in [0.15, 0.2) is 0 Å². The van der Waals surface area contributed by atoms with E-state index in [1.807, 2.05) is 17.8 Å². The molecule has 1 N–H and O–H groups in total. The summed E-state index contributed by atoms with van der Waals surface area (Å²) in [5.41, 5.74) is 0.359. The van der Waals surface area contributed by atoms with Crippen LogP contribution in [-0.4, -0.2) is 14.9 Å². The summed E-state index contributed by atoms with van der Waals surface area (Å²) in [7, 11) is 0. The number of rotatable bonds is 2. The van der Waals surface area contributed by atoms with Gasteiger partial charge >= 0.3 is 0 Å². The molecule has 1 aliphatic carbocycles. The Morgan fingerprint density at radius 3 is 2.79 bits per heavy atom. The maximum atomic E-state index is 10.4. The molecule has 1 aromatic heterocycles. The molecule has 1 fully saturated rings. The van der Waals surface area contributed by atoms with E-state index in [0.717, 1.165) is 18.5 Å². The minimum atomic E-state index is -0.618. The van der Waals surface area contributed by atoms with Gasteiger partial charge in [-0.05, 0) is 25.2 Å². The topological polar surface area (TPSA) is 38.0 Å². The standard InChI is InChI=1S/C11H18N2O/c1-4-13-7-10(6-12-13)11(14)5-8(2)9(11)3/h6-9,14H,4-5H2,1-3H3. The molecule has 0 saturated heterocycles. The predicted molar refractivity (Wildman–Crippen MR) is 54.7 cm³/mol. The Balaban J connectivity index is 2.23. The minimum Gasteiger partial charge on any atom is -0.385 e. The van der Waals surface area contributed by atoms with Crippen LogP contribution in [0.1, 0.15) is 32.8 Å². The molecule has 14 heavy (non-hydrogen) atoms. The summed E-state index contributed by atoms with van der Waals surface area (Å²) in [5, 5.41) is 14.6. The summed E-state index contributed by atoms with van der Waals surface area (Å²) in [4.78, 5) is 0. The van der Waals surface area contributed by atoms with Crippen LogP contribution in [0, 0.1) is 11.8 Å². The Morgan fingerprint density at radius 1 is 1.64 bits per heavy atom. The Morgan fingerprint density at radius 2 is 2.36 bits per heavy atom. The third-order valence-electron chi connectivity index (χ3n) is 3.70. The molecule has 1 aromatic rings. The number of aliphatic hydroxyl groups is 1. The Kier molecular flexibility index (Phi) is 2.14. The molecular weight excluding hydrogens is 176 g/mol. The second-order valence-corrected chi connectivity index (χ2v) is 4.48. The van der Waals surface area contributed by atoms with Crippen molar-refractivity contribution in [2.75, 3.05) is 0 Å². The second kappa shape index (κ2) is 3.09. The number of aryl methyl sites for hydroxylation is 1. The van der Waals surface area contributed by atoms with Crippen molar-refractivity contribution in [1.29, 1.82) is 0 Å². The summed E-state index contributed by atoms with van der Waals surface area (Å²) in [6, 6.07) is 0. The van der Waals surface area contributed by atoms with E-state index in [1.165, 1.54) is 0 Å². The summed E-state index contributed by atoms with van der Waals surface area (Å²) >= 11 is 0. The van der Waals surface area contributed by atoms with Crippen molar-refractivity contribution in [3.63, 3.8) is 0 Å². The van der Waals surface area contributed by atoms with E-state index in [0.29, 0.717) is 11.8 Å². The quantitative estimate of drug-likeness (QED) is 0.779. The van der Waals surface area contributed by atoms with E-state index in [4.69, 9.17) is 0 Å². The van der Waals surface area contributed by atoms with Crippen molar-refractivity contribution in [3.05, 3.63) is 18.0 Å². The van der Waals surface area contributed by atoms with Crippen LogP contribution in [0.3, 0.4) is 0 Å². The molecule has 0 aromatic carbocycles. The molecule has 0 spiro atoms. The molecule has 0 bridgehead atoms. The Bertz CT molecular complexity index is 334. The van der Waals surface area contributed by atoms with Crippen LogP contribution < -0.4 is 0 Å². The first kappa shape index (κ1) is 9.71. The van der Waals surface area contributed by atoms with Crippen LogP contribution in [0.15, 0.2) is 12.4 Å². The molecule has 3 nitrogen and oxygen atoms in total. The van der Waals surface area contributed by atoms with Crippen molar-refractivity contribution >= 4 is 0 Å². The van der Waals surface area contributed by atoms with E-state index in [1.54, 1.807) is 6.20 Å². The fourth-order valence-corrected chi connectivity index (χ4v) is 2.30. The second-order valence-electron chi connectivity index (χ2n) is 4.48. The molecule has 0 amide bonds. The zero-order chi connectivity index (χ0) is 10.3. The van der Waals surface area contributed by atoms with E-state index in [9.17, 15) is 5.11 Å². The highest BCUT2D eigenvalue weighted by atomic mass is 16.3. The van der Waals surface area contributed by atoms with Crippen LogP contribution in [-0.2, 0) is 12.1 Å². The third-order valence-corrected chi connectivity index (χ3v) is 3.70. The third kappa shape index (κ3) is 1.19. The number of hydrogen-bond acceptors (Lipinski definition) is 2. The molecule has 1 saturated carbocycles. The highest BCUT2D eigenvalue weighted by molar-refractivity contribution is 5.21. The van der Waals surface area contributed by atoms with Gasteiger partial charge < -0.3 is 5.11 Å². The molecule has 3 atom stereocenters. The predicted octanol–water partition coefficient (Wildman–Crippen LogP) is 1.77. The van der Waals surface area contributed by atoms with Gasteiger partial charge in [-0.1, -0.05) is 13.8 Å². The van der Waals surface area contributed by atoms with E-state index in [2.05, 4.69) is 18.9 Å². The van der Waals surface area contributed by atoms with Gasteiger partial charge in [0.25, 0.3) is 0 Å². The largest absolute Gasteiger partial charge is 0.385 e. The van der Waals surface area contributed by atoms with Crippen molar-refractivity contribution < 1.29 is 5.11 Å². The van der Waals surface area contributed by atoms with E-state index >= 15 is 0 Å². The molecule has 3 heteroatoms. The molecule has 2 rings (SSSR count). The molecule has 78 valence electrons. The maximum Gasteiger partial charge on any atom is 0.0957 e. The van der Waals surface area contributed by atoms with Gasteiger partial charge in [-0.3, -0.25) is 4.68 Å². The minimum absolute atomic E-state index is 0.344. The monoisotopic (exact) mass is 194 g/mol. The molecular formula is C11H18N2O. The molecule has 1 aliphatic rings. The summed E-state index contributed by atoms with van der Waals surface area (Å²) in [6.45, 7) is 7.20. The SMILES string of the molecule is CCn1cc(C2(O)CC(C)C2C)cn1. The van der Waals surface area contributed by atoms with Gasteiger partial charge in [0.2, 0.25) is 0 Å².